The van der Waals surface area contributed by atoms with Crippen LogP contribution in [0.3, 0.4) is 0 Å². The van der Waals surface area contributed by atoms with Crippen molar-refractivity contribution >= 4 is 17.4 Å². The second-order valence-electron chi connectivity index (χ2n) is 6.57. The normalized spacial score (nSPS) is 10.9. The maximum absolute atomic E-state index is 11.5. The van der Waals surface area contributed by atoms with Gasteiger partial charge in [0.25, 0.3) is 0 Å². The van der Waals surface area contributed by atoms with Crippen LogP contribution in [0, 0.1) is 0 Å². The number of amides is 1. The molecule has 4 aromatic rings. The lowest BCUT2D eigenvalue weighted by Crippen LogP contribution is -2.11. The molecule has 0 bridgehead atoms. The number of rotatable bonds is 7. The summed E-state index contributed by atoms with van der Waals surface area (Å²) in [6.07, 6.45) is 7.43. The summed E-state index contributed by atoms with van der Waals surface area (Å²) in [6, 6.07) is 17.6. The lowest BCUT2D eigenvalue weighted by Gasteiger charge is -2.11. The summed E-state index contributed by atoms with van der Waals surface area (Å²) in [7, 11) is 0. The van der Waals surface area contributed by atoms with Crippen LogP contribution in [0.15, 0.2) is 73.2 Å². The molecule has 0 atom stereocenters. The van der Waals surface area contributed by atoms with Gasteiger partial charge in [-0.05, 0) is 30.5 Å². The Kier molecular flexibility index (Phi) is 5.01. The number of imidazole rings is 1. The molecular formula is C22H21N5O. The lowest BCUT2D eigenvalue weighted by atomic mass is 10.1. The molecule has 0 saturated heterocycles. The van der Waals surface area contributed by atoms with Crippen molar-refractivity contribution in [2.24, 2.45) is 5.73 Å². The Morgan fingerprint density at radius 2 is 1.93 bits per heavy atom. The molecule has 140 valence electrons. The zero-order valence-corrected chi connectivity index (χ0v) is 15.4. The van der Waals surface area contributed by atoms with Crippen molar-refractivity contribution in [1.82, 2.24) is 14.4 Å². The van der Waals surface area contributed by atoms with Crippen LogP contribution in [0.5, 0.6) is 0 Å². The largest absolute Gasteiger partial charge is 0.367 e. The third kappa shape index (κ3) is 3.71. The predicted octanol–water partition coefficient (Wildman–Crippen LogP) is 3.54. The van der Waals surface area contributed by atoms with Gasteiger partial charge in [-0.15, -0.1) is 0 Å². The molecule has 0 aliphatic carbocycles. The number of hydrogen-bond donors (Lipinski definition) is 2. The van der Waals surface area contributed by atoms with Crippen molar-refractivity contribution in [2.45, 2.75) is 12.8 Å². The number of nitrogens with zero attached hydrogens (tertiary/aromatic N) is 3. The Bertz CT molecular complexity index is 1100. The van der Waals surface area contributed by atoms with Crippen molar-refractivity contribution < 1.29 is 4.79 Å². The van der Waals surface area contributed by atoms with Gasteiger partial charge in [-0.25, -0.2) is 9.97 Å². The molecule has 2 aromatic carbocycles. The molecule has 3 N–H and O–H groups in total. The molecule has 0 spiro atoms. The van der Waals surface area contributed by atoms with Gasteiger partial charge >= 0.3 is 0 Å². The van der Waals surface area contributed by atoms with Crippen LogP contribution in [0.1, 0.15) is 22.3 Å². The summed E-state index contributed by atoms with van der Waals surface area (Å²) in [4.78, 5) is 20.5. The highest BCUT2D eigenvalue weighted by Crippen LogP contribution is 2.24. The monoisotopic (exact) mass is 371 g/mol. The van der Waals surface area contributed by atoms with E-state index in [-0.39, 0.29) is 0 Å². The van der Waals surface area contributed by atoms with E-state index in [1.165, 1.54) is 5.56 Å². The summed E-state index contributed by atoms with van der Waals surface area (Å²) in [5.74, 6) is 0.293. The van der Waals surface area contributed by atoms with E-state index >= 15 is 0 Å². The number of fused-ring (bicyclic) bond motifs is 1. The summed E-state index contributed by atoms with van der Waals surface area (Å²) >= 11 is 0. The van der Waals surface area contributed by atoms with E-state index in [2.05, 4.69) is 39.6 Å². The molecule has 0 radical (unpaired) electrons. The molecule has 0 unspecified atom stereocenters. The number of carbonyl (C=O) groups is 1. The predicted molar refractivity (Wildman–Crippen MR) is 110 cm³/mol. The Morgan fingerprint density at radius 3 is 2.75 bits per heavy atom. The number of primary amides is 1. The topological polar surface area (TPSA) is 85.3 Å². The van der Waals surface area contributed by atoms with Crippen LogP contribution in [0.2, 0.25) is 0 Å². The van der Waals surface area contributed by atoms with Crippen molar-refractivity contribution in [3.05, 3.63) is 84.3 Å². The van der Waals surface area contributed by atoms with Gasteiger partial charge in [0.1, 0.15) is 0 Å². The van der Waals surface area contributed by atoms with Crippen LogP contribution in [-0.2, 0) is 6.42 Å². The molecule has 0 aliphatic heterocycles. The van der Waals surface area contributed by atoms with E-state index in [0.717, 1.165) is 42.1 Å². The van der Waals surface area contributed by atoms with Crippen molar-refractivity contribution in [2.75, 3.05) is 11.9 Å². The first-order valence-corrected chi connectivity index (χ1v) is 9.22. The second-order valence-corrected chi connectivity index (χ2v) is 6.57. The lowest BCUT2D eigenvalue weighted by molar-refractivity contribution is 0.100. The van der Waals surface area contributed by atoms with Gasteiger partial charge in [0.2, 0.25) is 5.91 Å². The van der Waals surface area contributed by atoms with Gasteiger partial charge in [-0.3, -0.25) is 9.20 Å². The van der Waals surface area contributed by atoms with Gasteiger partial charge in [0.05, 0.1) is 11.9 Å². The van der Waals surface area contributed by atoms with Crippen LogP contribution in [0.25, 0.3) is 16.9 Å². The standard InChI is InChI=1S/C22H21N5O/c23-20(28)18-10-4-9-17(14-18)19-15-26-21(22-25-12-13-27(19)22)24-11-5-8-16-6-2-1-3-7-16/h1-4,6-7,9-10,12-15H,5,8,11H2,(H2,23,28)(H,24,26). The van der Waals surface area contributed by atoms with E-state index in [4.69, 9.17) is 5.73 Å². The Labute approximate surface area is 163 Å². The van der Waals surface area contributed by atoms with E-state index in [1.807, 2.05) is 28.8 Å². The minimum Gasteiger partial charge on any atom is -0.367 e. The maximum atomic E-state index is 11.5. The van der Waals surface area contributed by atoms with Crippen LogP contribution in [0.4, 0.5) is 5.82 Å². The smallest absolute Gasteiger partial charge is 0.248 e. The fourth-order valence-corrected chi connectivity index (χ4v) is 3.23. The third-order valence-electron chi connectivity index (χ3n) is 4.65. The summed E-state index contributed by atoms with van der Waals surface area (Å²) in [5.41, 5.74) is 9.66. The number of nitrogens with one attached hydrogen (secondary N) is 1. The van der Waals surface area contributed by atoms with Gasteiger partial charge in [0, 0.05) is 30.1 Å². The zero-order chi connectivity index (χ0) is 19.3. The summed E-state index contributed by atoms with van der Waals surface area (Å²) < 4.78 is 1.96. The number of hydrogen-bond acceptors (Lipinski definition) is 4. The first-order valence-electron chi connectivity index (χ1n) is 9.22. The minimum atomic E-state index is -0.451. The van der Waals surface area contributed by atoms with Crippen LogP contribution >= 0.6 is 0 Å². The highest BCUT2D eigenvalue weighted by atomic mass is 16.1. The molecule has 0 aliphatic rings. The second kappa shape index (κ2) is 7.92. The fourth-order valence-electron chi connectivity index (χ4n) is 3.23. The first kappa shape index (κ1) is 17.7. The summed E-state index contributed by atoms with van der Waals surface area (Å²) in [5, 5.41) is 3.38. The average Bonchev–Trinajstić information content (AvgIpc) is 3.22. The fraction of sp³-hybridized carbons (Fsp3) is 0.136. The number of aryl methyl sites for hydroxylation is 1. The molecule has 0 fully saturated rings. The molecule has 28 heavy (non-hydrogen) atoms. The number of carbonyl (C=O) groups excluding carboxylic acids is 1. The molecule has 6 heteroatoms. The Morgan fingerprint density at radius 1 is 1.07 bits per heavy atom. The van der Waals surface area contributed by atoms with Crippen LogP contribution < -0.4 is 11.1 Å². The highest BCUT2D eigenvalue weighted by molar-refractivity contribution is 5.94. The average molecular weight is 371 g/mol. The zero-order valence-electron chi connectivity index (χ0n) is 15.4. The van der Waals surface area contributed by atoms with Crippen molar-refractivity contribution in [3.63, 3.8) is 0 Å². The SMILES string of the molecule is NC(=O)c1cccc(-c2cnc(NCCCc3ccccc3)c3nccn23)c1. The molecule has 6 nitrogen and oxygen atoms in total. The third-order valence-corrected chi connectivity index (χ3v) is 4.65. The van der Waals surface area contributed by atoms with E-state index in [1.54, 1.807) is 24.5 Å². The number of nitrogens with two attached hydrogens (primary N) is 1. The van der Waals surface area contributed by atoms with E-state index < -0.39 is 5.91 Å². The molecule has 1 amide bonds. The summed E-state index contributed by atoms with van der Waals surface area (Å²) in [6.45, 7) is 0.806. The maximum Gasteiger partial charge on any atom is 0.248 e. The number of aromatic nitrogens is 3. The number of benzene rings is 2. The van der Waals surface area contributed by atoms with E-state index in [0.29, 0.717) is 5.56 Å². The molecular weight excluding hydrogens is 350 g/mol. The number of anilines is 1. The molecule has 0 saturated carbocycles. The van der Waals surface area contributed by atoms with Gasteiger partial charge in [-0.2, -0.15) is 0 Å². The Balaban J connectivity index is 1.53. The first-order chi connectivity index (χ1) is 13.7. The van der Waals surface area contributed by atoms with Crippen molar-refractivity contribution in [1.29, 1.82) is 0 Å². The molecule has 2 heterocycles. The molecule has 2 aromatic heterocycles. The van der Waals surface area contributed by atoms with Gasteiger partial charge < -0.3 is 11.1 Å². The van der Waals surface area contributed by atoms with Gasteiger partial charge in [0.15, 0.2) is 11.5 Å². The molecule has 4 rings (SSSR count). The van der Waals surface area contributed by atoms with E-state index in [9.17, 15) is 4.79 Å². The quantitative estimate of drug-likeness (QED) is 0.487. The Hall–Kier alpha value is -3.67. The van der Waals surface area contributed by atoms with Crippen molar-refractivity contribution in [3.8, 4) is 11.3 Å². The van der Waals surface area contributed by atoms with Crippen LogP contribution in [-0.4, -0.2) is 26.8 Å². The van der Waals surface area contributed by atoms with Gasteiger partial charge in [-0.1, -0.05) is 42.5 Å². The minimum absolute atomic E-state index is 0.451. The highest BCUT2D eigenvalue weighted by Gasteiger charge is 2.11.